The molecule has 0 spiro atoms. The van der Waals surface area contributed by atoms with Crippen LogP contribution >= 0.6 is 11.6 Å². The SMILES string of the molecule is Cc1[nH]nc2c1Nc1ncc3c(Cl)nn(c3n1)CCCO2.FC1CCCOC1. The predicted molar refractivity (Wildman–Crippen MR) is 102 cm³/mol. The van der Waals surface area contributed by atoms with E-state index in [2.05, 4.69) is 30.6 Å². The van der Waals surface area contributed by atoms with Gasteiger partial charge in [0.25, 0.3) is 5.88 Å². The summed E-state index contributed by atoms with van der Waals surface area (Å²) in [5.74, 6) is 0.977. The Morgan fingerprint density at radius 1 is 1.32 bits per heavy atom. The van der Waals surface area contributed by atoms with Gasteiger partial charge in [-0.05, 0) is 19.8 Å². The third kappa shape index (κ3) is 4.02. The van der Waals surface area contributed by atoms with Crippen LogP contribution in [0.5, 0.6) is 5.88 Å². The highest BCUT2D eigenvalue weighted by Crippen LogP contribution is 2.29. The Balaban J connectivity index is 0.000000233. The van der Waals surface area contributed by atoms with Crippen LogP contribution in [-0.4, -0.2) is 55.9 Å². The average Bonchev–Trinajstić information content (AvgIpc) is 3.19. The molecule has 150 valence electrons. The molecule has 2 N–H and O–H groups in total. The Labute approximate surface area is 165 Å². The minimum Gasteiger partial charge on any atom is -0.475 e. The second-order valence-corrected chi connectivity index (χ2v) is 6.97. The molecule has 0 radical (unpaired) electrons. The summed E-state index contributed by atoms with van der Waals surface area (Å²) < 4.78 is 24.3. The van der Waals surface area contributed by atoms with Gasteiger partial charge in [-0.25, -0.2) is 14.1 Å². The van der Waals surface area contributed by atoms with Crippen molar-refractivity contribution in [2.45, 2.75) is 38.9 Å². The number of nitrogens with one attached hydrogen (secondary N) is 2. The molecular weight excluding hydrogens is 389 g/mol. The van der Waals surface area contributed by atoms with Gasteiger partial charge in [-0.15, -0.1) is 5.10 Å². The smallest absolute Gasteiger partial charge is 0.256 e. The standard InChI is InChI=1S/C12H12ClN7O.C5H9FO/c1-6-8-11(18-17-6)21-4-2-3-20-10-7(9(13)19-20)5-14-12(15-8)16-10;6-5-2-1-3-7-4-5/h5H,2-4H2,1H3,(H,17,18)(H,14,15,16);5H,1-4H2. The van der Waals surface area contributed by atoms with Crippen LogP contribution in [0.2, 0.25) is 5.15 Å². The summed E-state index contributed by atoms with van der Waals surface area (Å²) in [6, 6.07) is 0. The Hall–Kier alpha value is -2.46. The highest BCUT2D eigenvalue weighted by atomic mass is 35.5. The van der Waals surface area contributed by atoms with Crippen molar-refractivity contribution in [2.75, 3.05) is 25.1 Å². The number of aromatic nitrogens is 6. The lowest BCUT2D eigenvalue weighted by atomic mass is 10.2. The first-order valence-corrected chi connectivity index (χ1v) is 9.55. The van der Waals surface area contributed by atoms with E-state index in [1.807, 2.05) is 6.92 Å². The molecule has 1 atom stereocenters. The molecule has 5 heterocycles. The first kappa shape index (κ1) is 18.9. The van der Waals surface area contributed by atoms with Crippen molar-refractivity contribution in [1.82, 2.24) is 29.9 Å². The van der Waals surface area contributed by atoms with Crippen molar-refractivity contribution in [3.8, 4) is 5.88 Å². The summed E-state index contributed by atoms with van der Waals surface area (Å²) in [5.41, 5.74) is 2.31. The summed E-state index contributed by atoms with van der Waals surface area (Å²) in [6.45, 7) is 4.17. The van der Waals surface area contributed by atoms with E-state index in [4.69, 9.17) is 21.1 Å². The van der Waals surface area contributed by atoms with E-state index < -0.39 is 6.17 Å². The Kier molecular flexibility index (Phi) is 5.58. The predicted octanol–water partition coefficient (Wildman–Crippen LogP) is 3.17. The minimum absolute atomic E-state index is 0.319. The van der Waals surface area contributed by atoms with Crippen molar-refractivity contribution >= 4 is 34.3 Å². The van der Waals surface area contributed by atoms with Gasteiger partial charge in [0.15, 0.2) is 10.8 Å². The third-order valence-electron chi connectivity index (χ3n) is 4.45. The molecule has 11 heteroatoms. The molecule has 1 fully saturated rings. The van der Waals surface area contributed by atoms with Crippen LogP contribution in [0.3, 0.4) is 0 Å². The third-order valence-corrected chi connectivity index (χ3v) is 4.73. The molecule has 9 nitrogen and oxygen atoms in total. The van der Waals surface area contributed by atoms with Crippen LogP contribution < -0.4 is 10.1 Å². The molecule has 3 aromatic rings. The number of ether oxygens (including phenoxy) is 2. The molecule has 0 aliphatic carbocycles. The van der Waals surface area contributed by atoms with Gasteiger partial charge in [0.1, 0.15) is 11.9 Å². The second-order valence-electron chi connectivity index (χ2n) is 6.62. The molecule has 2 aliphatic heterocycles. The van der Waals surface area contributed by atoms with E-state index in [9.17, 15) is 4.39 Å². The zero-order chi connectivity index (χ0) is 19.5. The fourth-order valence-electron chi connectivity index (χ4n) is 2.99. The topological polar surface area (TPSA) is 103 Å². The fraction of sp³-hybridized carbons (Fsp3) is 0.529. The number of fused-ring (bicyclic) bond motifs is 2. The van der Waals surface area contributed by atoms with E-state index in [-0.39, 0.29) is 0 Å². The fourth-order valence-corrected chi connectivity index (χ4v) is 3.22. The van der Waals surface area contributed by atoms with Crippen LogP contribution in [0, 0.1) is 6.92 Å². The summed E-state index contributed by atoms with van der Waals surface area (Å²) in [4.78, 5) is 8.77. The van der Waals surface area contributed by atoms with Gasteiger partial charge in [0.05, 0.1) is 24.3 Å². The van der Waals surface area contributed by atoms with Crippen LogP contribution in [0.4, 0.5) is 16.0 Å². The van der Waals surface area contributed by atoms with Gasteiger partial charge in [-0.3, -0.25) is 5.10 Å². The van der Waals surface area contributed by atoms with Crippen molar-refractivity contribution in [2.24, 2.45) is 0 Å². The van der Waals surface area contributed by atoms with E-state index in [1.165, 1.54) is 0 Å². The lowest BCUT2D eigenvalue weighted by Crippen LogP contribution is -2.17. The molecule has 2 bridgehead atoms. The van der Waals surface area contributed by atoms with Crippen LogP contribution in [-0.2, 0) is 11.3 Å². The number of halogens is 2. The lowest BCUT2D eigenvalue weighted by molar-refractivity contribution is 0.0366. The first-order chi connectivity index (χ1) is 13.6. The van der Waals surface area contributed by atoms with Gasteiger partial charge in [-0.2, -0.15) is 10.1 Å². The van der Waals surface area contributed by atoms with Crippen molar-refractivity contribution in [1.29, 1.82) is 0 Å². The van der Waals surface area contributed by atoms with E-state index in [0.29, 0.717) is 48.8 Å². The molecular formula is C17H21ClFN7O2. The van der Waals surface area contributed by atoms with Crippen molar-refractivity contribution in [3.63, 3.8) is 0 Å². The molecule has 1 saturated heterocycles. The number of anilines is 2. The molecule has 0 amide bonds. The summed E-state index contributed by atoms with van der Waals surface area (Å²) in [7, 11) is 0. The number of aromatic amines is 1. The largest absolute Gasteiger partial charge is 0.475 e. The summed E-state index contributed by atoms with van der Waals surface area (Å²) >= 11 is 6.11. The van der Waals surface area contributed by atoms with Gasteiger partial charge >= 0.3 is 0 Å². The van der Waals surface area contributed by atoms with E-state index in [0.717, 1.165) is 36.2 Å². The summed E-state index contributed by atoms with van der Waals surface area (Å²) in [6.07, 6.45) is 3.34. The molecule has 3 aromatic heterocycles. The van der Waals surface area contributed by atoms with Gasteiger partial charge < -0.3 is 14.8 Å². The number of hydrogen-bond acceptors (Lipinski definition) is 7. The van der Waals surface area contributed by atoms with Crippen LogP contribution in [0.25, 0.3) is 11.0 Å². The molecule has 28 heavy (non-hydrogen) atoms. The normalized spacial score (nSPS) is 19.0. The first-order valence-electron chi connectivity index (χ1n) is 9.17. The number of alkyl halides is 1. The lowest BCUT2D eigenvalue weighted by Gasteiger charge is -2.13. The molecule has 2 aliphatic rings. The molecule has 0 aromatic carbocycles. The zero-order valence-electron chi connectivity index (χ0n) is 15.4. The van der Waals surface area contributed by atoms with Gasteiger partial charge in [0, 0.05) is 25.8 Å². The Morgan fingerprint density at radius 3 is 2.96 bits per heavy atom. The molecule has 1 unspecified atom stereocenters. The van der Waals surface area contributed by atoms with Crippen molar-refractivity contribution < 1.29 is 13.9 Å². The number of H-pyrrole nitrogens is 1. The maximum absolute atomic E-state index is 12.1. The van der Waals surface area contributed by atoms with Gasteiger partial charge in [-0.1, -0.05) is 11.6 Å². The van der Waals surface area contributed by atoms with E-state index >= 15 is 0 Å². The van der Waals surface area contributed by atoms with Crippen molar-refractivity contribution in [3.05, 3.63) is 17.0 Å². The zero-order valence-corrected chi connectivity index (χ0v) is 16.2. The molecule has 0 saturated carbocycles. The van der Waals surface area contributed by atoms with Crippen LogP contribution in [0.15, 0.2) is 6.20 Å². The highest BCUT2D eigenvalue weighted by Gasteiger charge is 2.17. The minimum atomic E-state index is -0.686. The number of rotatable bonds is 0. The van der Waals surface area contributed by atoms with E-state index in [1.54, 1.807) is 10.9 Å². The van der Waals surface area contributed by atoms with Gasteiger partial charge in [0.2, 0.25) is 5.95 Å². The number of nitrogens with zero attached hydrogens (tertiary/aromatic N) is 5. The Bertz CT molecular complexity index is 955. The molecule has 5 rings (SSSR count). The summed E-state index contributed by atoms with van der Waals surface area (Å²) in [5, 5.41) is 15.6. The maximum Gasteiger partial charge on any atom is 0.256 e. The number of aryl methyl sites for hydroxylation is 2. The monoisotopic (exact) mass is 409 g/mol. The Morgan fingerprint density at radius 2 is 2.21 bits per heavy atom. The van der Waals surface area contributed by atoms with Crippen LogP contribution in [0.1, 0.15) is 25.0 Å². The maximum atomic E-state index is 12.1. The number of hydrogen-bond donors (Lipinski definition) is 2. The highest BCUT2D eigenvalue weighted by molar-refractivity contribution is 6.34. The second kappa shape index (κ2) is 8.27. The quantitative estimate of drug-likeness (QED) is 0.587. The average molecular weight is 410 g/mol.